The lowest BCUT2D eigenvalue weighted by Gasteiger charge is -2.46. The fourth-order valence-electron chi connectivity index (χ4n) is 8.03. The van der Waals surface area contributed by atoms with Gasteiger partial charge in [0.05, 0.1) is 5.39 Å². The normalized spacial score (nSPS) is 19.5. The standard InChI is InChI=1S/C43H36NO3/c1-3-9-33(10-4-1)41-34-21-19-30-15-17-31(18-16-30)23-24-44-28-35(26-34)42(37-13-7-8-14-38(37)44)43(41,47-36-11-5-2-6-12-36)27-32-20-22-39-40(25-32)46-29-45-39/h1-18,20,22,25-26,28,41H,19,21,23-24,27,29H2/q+1. The number of aryl methyl sites for hydroxylation is 3. The molecule has 2 unspecified atom stereocenters. The lowest BCUT2D eigenvalue weighted by atomic mass is 9.64. The van der Waals surface area contributed by atoms with Gasteiger partial charge in [0.1, 0.15) is 5.75 Å². The third kappa shape index (κ3) is 4.96. The first-order valence-corrected chi connectivity index (χ1v) is 16.6. The molecule has 0 saturated heterocycles. The molecule has 5 aromatic carbocycles. The molecular weight excluding hydrogens is 578 g/mol. The summed E-state index contributed by atoms with van der Waals surface area (Å²) >= 11 is 0. The van der Waals surface area contributed by atoms with E-state index in [1.807, 2.05) is 6.07 Å². The Kier molecular flexibility index (Phi) is 6.81. The third-order valence-electron chi connectivity index (χ3n) is 10.1. The topological polar surface area (TPSA) is 31.6 Å². The maximum atomic E-state index is 7.62. The zero-order valence-corrected chi connectivity index (χ0v) is 26.3. The number of para-hydroxylation sites is 2. The van der Waals surface area contributed by atoms with E-state index in [2.05, 4.69) is 138 Å². The van der Waals surface area contributed by atoms with E-state index >= 15 is 0 Å². The number of aromatic nitrogens is 1. The van der Waals surface area contributed by atoms with E-state index in [9.17, 15) is 0 Å². The van der Waals surface area contributed by atoms with Crippen LogP contribution < -0.4 is 18.8 Å². The number of nitrogens with zero attached hydrogens (tertiary/aromatic N) is 1. The Hall–Kier alpha value is -5.35. The first-order chi connectivity index (χ1) is 23.2. The van der Waals surface area contributed by atoms with Crippen molar-refractivity contribution in [1.29, 1.82) is 0 Å². The van der Waals surface area contributed by atoms with Gasteiger partial charge in [-0.1, -0.05) is 96.6 Å². The molecule has 1 aromatic heterocycles. The van der Waals surface area contributed by atoms with Crippen molar-refractivity contribution in [2.24, 2.45) is 0 Å². The van der Waals surface area contributed by atoms with Crippen LogP contribution in [-0.4, -0.2) is 6.79 Å². The van der Waals surface area contributed by atoms with Crippen LogP contribution in [0.2, 0.25) is 0 Å². The van der Waals surface area contributed by atoms with Crippen LogP contribution in [0.15, 0.2) is 139 Å². The Morgan fingerprint density at radius 2 is 1.43 bits per heavy atom. The summed E-state index contributed by atoms with van der Waals surface area (Å²) in [6, 6.07) is 45.9. The summed E-state index contributed by atoms with van der Waals surface area (Å²) in [6.07, 6.45) is 8.36. The van der Waals surface area contributed by atoms with Crippen molar-refractivity contribution in [2.75, 3.05) is 6.79 Å². The number of hydrogen-bond donors (Lipinski definition) is 0. The lowest BCUT2D eigenvalue weighted by Crippen LogP contribution is -2.47. The van der Waals surface area contributed by atoms with Crippen LogP contribution >= 0.6 is 0 Å². The van der Waals surface area contributed by atoms with Crippen LogP contribution in [-0.2, 0) is 31.4 Å². The minimum atomic E-state index is -0.780. The van der Waals surface area contributed by atoms with E-state index < -0.39 is 5.60 Å². The van der Waals surface area contributed by atoms with Gasteiger partial charge >= 0.3 is 0 Å². The molecule has 6 aromatic rings. The fraction of sp³-hybridized carbons (Fsp3) is 0.186. The molecule has 0 fully saturated rings. The predicted molar refractivity (Wildman–Crippen MR) is 185 cm³/mol. The molecule has 3 aliphatic heterocycles. The molecule has 4 nitrogen and oxygen atoms in total. The predicted octanol–water partition coefficient (Wildman–Crippen LogP) is 8.74. The summed E-state index contributed by atoms with van der Waals surface area (Å²) in [5.41, 5.74) is 9.40. The maximum Gasteiger partial charge on any atom is 0.231 e. The van der Waals surface area contributed by atoms with E-state index in [1.165, 1.54) is 44.3 Å². The fourth-order valence-corrected chi connectivity index (χ4v) is 8.03. The van der Waals surface area contributed by atoms with Gasteiger partial charge in [-0.3, -0.25) is 0 Å². The van der Waals surface area contributed by atoms with Crippen molar-refractivity contribution < 1.29 is 18.8 Å². The summed E-state index contributed by atoms with van der Waals surface area (Å²) in [5, 5.41) is 1.22. The van der Waals surface area contributed by atoms with E-state index in [0.717, 1.165) is 48.6 Å². The molecule has 10 rings (SSSR count). The Bertz CT molecular complexity index is 2120. The highest BCUT2D eigenvalue weighted by Crippen LogP contribution is 2.54. The Morgan fingerprint density at radius 1 is 0.702 bits per heavy atom. The molecule has 0 amide bonds. The molecule has 0 N–H and O–H groups in total. The zero-order chi connectivity index (χ0) is 31.2. The van der Waals surface area contributed by atoms with Gasteiger partial charge in [0.25, 0.3) is 0 Å². The molecule has 0 spiro atoms. The van der Waals surface area contributed by atoms with E-state index in [1.54, 1.807) is 0 Å². The second-order valence-corrected chi connectivity index (χ2v) is 13.0. The summed E-state index contributed by atoms with van der Waals surface area (Å²) in [7, 11) is 0. The minimum absolute atomic E-state index is 0.0505. The molecule has 4 heterocycles. The highest BCUT2D eigenvalue weighted by atomic mass is 16.7. The maximum absolute atomic E-state index is 7.62. The summed E-state index contributed by atoms with van der Waals surface area (Å²) in [5.74, 6) is 2.39. The summed E-state index contributed by atoms with van der Waals surface area (Å²) in [4.78, 5) is 0. The molecule has 1 aliphatic carbocycles. The molecule has 5 bridgehead atoms. The van der Waals surface area contributed by atoms with Gasteiger partial charge in [-0.25, -0.2) is 0 Å². The summed E-state index contributed by atoms with van der Waals surface area (Å²) in [6.45, 7) is 1.14. The largest absolute Gasteiger partial charge is 0.481 e. The van der Waals surface area contributed by atoms with Crippen molar-refractivity contribution in [1.82, 2.24) is 0 Å². The molecule has 4 aliphatic rings. The molecule has 0 radical (unpaired) electrons. The van der Waals surface area contributed by atoms with Crippen molar-refractivity contribution in [2.45, 2.75) is 43.7 Å². The first kappa shape index (κ1) is 27.9. The van der Waals surface area contributed by atoms with Crippen LogP contribution in [0.1, 0.15) is 45.7 Å². The second-order valence-electron chi connectivity index (χ2n) is 13.0. The van der Waals surface area contributed by atoms with Gasteiger partial charge in [-0.05, 0) is 71.5 Å². The van der Waals surface area contributed by atoms with E-state index in [4.69, 9.17) is 14.2 Å². The Morgan fingerprint density at radius 3 is 2.26 bits per heavy atom. The van der Waals surface area contributed by atoms with Gasteiger partial charge in [0, 0.05) is 36.0 Å². The molecule has 47 heavy (non-hydrogen) atoms. The number of fused-ring (bicyclic) bond motifs is 7. The van der Waals surface area contributed by atoms with Gasteiger partial charge in [0.15, 0.2) is 29.8 Å². The molecular formula is C43H36NO3+. The second kappa shape index (κ2) is 11.5. The first-order valence-electron chi connectivity index (χ1n) is 16.6. The SMILES string of the molecule is C1=C2CCc3ccc(cc3)CC[n+]3cc1c(c1ccccc13)C(Cc1ccc3c(c1)OCO3)(Oc1ccccc1)C2c1ccccc1. The van der Waals surface area contributed by atoms with Crippen molar-refractivity contribution in [3.8, 4) is 17.2 Å². The van der Waals surface area contributed by atoms with Gasteiger partial charge in [-0.15, -0.1) is 0 Å². The average molecular weight is 615 g/mol. The number of rotatable bonds is 5. The highest BCUT2D eigenvalue weighted by molar-refractivity contribution is 5.86. The van der Waals surface area contributed by atoms with Crippen molar-refractivity contribution in [3.05, 3.63) is 173 Å². The molecule has 2 atom stereocenters. The van der Waals surface area contributed by atoms with Crippen LogP contribution in [0, 0.1) is 0 Å². The Balaban J connectivity index is 1.37. The summed E-state index contributed by atoms with van der Waals surface area (Å²) < 4.78 is 21.7. The van der Waals surface area contributed by atoms with Gasteiger partial charge in [-0.2, -0.15) is 4.57 Å². The van der Waals surface area contributed by atoms with Crippen LogP contribution in [0.3, 0.4) is 0 Å². The lowest BCUT2D eigenvalue weighted by molar-refractivity contribution is -0.671. The van der Waals surface area contributed by atoms with E-state index in [0.29, 0.717) is 6.42 Å². The number of hydrogen-bond acceptors (Lipinski definition) is 3. The monoisotopic (exact) mass is 614 g/mol. The van der Waals surface area contributed by atoms with Crippen LogP contribution in [0.4, 0.5) is 0 Å². The van der Waals surface area contributed by atoms with Crippen molar-refractivity contribution >= 4 is 17.0 Å². The zero-order valence-electron chi connectivity index (χ0n) is 26.3. The molecule has 4 heteroatoms. The van der Waals surface area contributed by atoms with Crippen LogP contribution in [0.5, 0.6) is 17.2 Å². The third-order valence-corrected chi connectivity index (χ3v) is 10.1. The molecule has 0 saturated carbocycles. The van der Waals surface area contributed by atoms with Gasteiger partial charge in [0.2, 0.25) is 12.3 Å². The molecule has 230 valence electrons. The van der Waals surface area contributed by atoms with Crippen LogP contribution in [0.25, 0.3) is 17.0 Å². The minimum Gasteiger partial charge on any atom is -0.481 e. The number of pyridine rings is 1. The highest BCUT2D eigenvalue weighted by Gasteiger charge is 2.51. The average Bonchev–Trinajstić information content (AvgIpc) is 3.59. The Labute approximate surface area is 275 Å². The number of benzene rings is 5. The number of ether oxygens (including phenoxy) is 3. The van der Waals surface area contributed by atoms with E-state index in [-0.39, 0.29) is 12.7 Å². The van der Waals surface area contributed by atoms with Gasteiger partial charge < -0.3 is 14.2 Å². The smallest absolute Gasteiger partial charge is 0.231 e. The quantitative estimate of drug-likeness (QED) is 0.182. The van der Waals surface area contributed by atoms with Crippen molar-refractivity contribution in [3.63, 3.8) is 0 Å².